The van der Waals surface area contributed by atoms with E-state index in [9.17, 15) is 4.79 Å². The maximum Gasteiger partial charge on any atom is 0.253 e. The van der Waals surface area contributed by atoms with Crippen molar-refractivity contribution in [3.8, 4) is 0 Å². The van der Waals surface area contributed by atoms with Crippen LogP contribution >= 0.6 is 11.6 Å². The number of hydrazine groups is 1. The van der Waals surface area contributed by atoms with E-state index in [1.165, 1.54) is 0 Å². The third-order valence-corrected chi connectivity index (χ3v) is 3.38. The first kappa shape index (κ1) is 13.1. The lowest BCUT2D eigenvalue weighted by Gasteiger charge is -2.34. The molecule has 0 saturated heterocycles. The van der Waals surface area contributed by atoms with Crippen molar-refractivity contribution in [2.75, 3.05) is 12.5 Å². The minimum absolute atomic E-state index is 0.159. The Morgan fingerprint density at radius 1 is 1.50 bits per heavy atom. The monoisotopic (exact) mass is 269 g/mol. The molecule has 1 amide bonds. The molecule has 1 aromatic rings. The van der Waals surface area contributed by atoms with Gasteiger partial charge in [-0.25, -0.2) is 0 Å². The third-order valence-electron chi connectivity index (χ3n) is 3.15. The fourth-order valence-electron chi connectivity index (χ4n) is 1.97. The highest BCUT2D eigenvalue weighted by molar-refractivity contribution is 6.31. The largest absolute Gasteiger partial charge is 0.381 e. The Morgan fingerprint density at radius 2 is 2.22 bits per heavy atom. The Kier molecular flexibility index (Phi) is 4.06. The van der Waals surface area contributed by atoms with E-state index in [0.29, 0.717) is 16.3 Å². The number of nitrogens with one attached hydrogen (secondary N) is 2. The number of amides is 1. The molecule has 0 bridgehead atoms. The minimum Gasteiger partial charge on any atom is -0.381 e. The van der Waals surface area contributed by atoms with Crippen LogP contribution in [-0.2, 0) is 4.74 Å². The number of ether oxygens (including phenoxy) is 1. The van der Waals surface area contributed by atoms with Crippen LogP contribution in [0.15, 0.2) is 18.2 Å². The van der Waals surface area contributed by atoms with Crippen molar-refractivity contribution in [1.29, 1.82) is 0 Å². The van der Waals surface area contributed by atoms with Gasteiger partial charge in [0.05, 0.1) is 17.4 Å². The molecule has 0 aliphatic heterocycles. The summed E-state index contributed by atoms with van der Waals surface area (Å²) in [7, 11) is 1.68. The van der Waals surface area contributed by atoms with Crippen LogP contribution in [0.4, 0.5) is 5.69 Å². The van der Waals surface area contributed by atoms with E-state index in [0.717, 1.165) is 12.8 Å². The zero-order valence-electron chi connectivity index (χ0n) is 10.1. The number of anilines is 1. The molecule has 0 heterocycles. The van der Waals surface area contributed by atoms with Crippen molar-refractivity contribution in [2.24, 2.45) is 5.84 Å². The van der Waals surface area contributed by atoms with Gasteiger partial charge in [-0.1, -0.05) is 11.6 Å². The number of carbonyl (C=O) groups excluding carboxylic acids is 1. The van der Waals surface area contributed by atoms with E-state index in [4.69, 9.17) is 22.2 Å². The van der Waals surface area contributed by atoms with E-state index in [-0.39, 0.29) is 18.1 Å². The first-order valence-electron chi connectivity index (χ1n) is 5.74. The average molecular weight is 270 g/mol. The lowest BCUT2D eigenvalue weighted by atomic mass is 9.89. The highest BCUT2D eigenvalue weighted by atomic mass is 35.5. The predicted molar refractivity (Wildman–Crippen MR) is 70.5 cm³/mol. The predicted octanol–water partition coefficient (Wildman–Crippen LogP) is 1.53. The van der Waals surface area contributed by atoms with Crippen molar-refractivity contribution in [1.82, 2.24) is 5.32 Å². The number of carbonyl (C=O) groups is 1. The zero-order chi connectivity index (χ0) is 13.1. The van der Waals surface area contributed by atoms with Crippen LogP contribution in [0.1, 0.15) is 23.2 Å². The van der Waals surface area contributed by atoms with Gasteiger partial charge in [0.15, 0.2) is 0 Å². The van der Waals surface area contributed by atoms with E-state index in [1.54, 1.807) is 25.3 Å². The van der Waals surface area contributed by atoms with Crippen LogP contribution in [0.25, 0.3) is 0 Å². The van der Waals surface area contributed by atoms with Crippen LogP contribution < -0.4 is 16.6 Å². The SMILES string of the molecule is COC1CC(NC(=O)c2cc(Cl)ccc2NN)C1. The molecule has 0 unspecified atom stereocenters. The van der Waals surface area contributed by atoms with E-state index in [2.05, 4.69) is 10.7 Å². The molecular formula is C12H16ClN3O2. The van der Waals surface area contributed by atoms with Crippen LogP contribution in [0, 0.1) is 0 Å². The normalized spacial score (nSPS) is 22.2. The van der Waals surface area contributed by atoms with Crippen LogP contribution in [0.3, 0.4) is 0 Å². The summed E-state index contributed by atoms with van der Waals surface area (Å²) in [6, 6.07) is 5.11. The first-order chi connectivity index (χ1) is 8.63. The fourth-order valence-corrected chi connectivity index (χ4v) is 2.14. The molecule has 0 spiro atoms. The van der Waals surface area contributed by atoms with Gasteiger partial charge in [0.2, 0.25) is 0 Å². The molecular weight excluding hydrogens is 254 g/mol. The molecule has 0 aromatic heterocycles. The molecule has 0 radical (unpaired) electrons. The van der Waals surface area contributed by atoms with Gasteiger partial charge in [0.25, 0.3) is 5.91 Å². The molecule has 1 aliphatic carbocycles. The highest BCUT2D eigenvalue weighted by Crippen LogP contribution is 2.24. The second-order valence-electron chi connectivity index (χ2n) is 4.33. The maximum atomic E-state index is 12.1. The molecule has 1 saturated carbocycles. The Labute approximate surface area is 111 Å². The summed E-state index contributed by atoms with van der Waals surface area (Å²) in [6.45, 7) is 0. The zero-order valence-corrected chi connectivity index (χ0v) is 10.8. The second-order valence-corrected chi connectivity index (χ2v) is 4.77. The van der Waals surface area contributed by atoms with E-state index >= 15 is 0 Å². The van der Waals surface area contributed by atoms with Crippen LogP contribution in [0.5, 0.6) is 0 Å². The molecule has 2 rings (SSSR count). The van der Waals surface area contributed by atoms with Crippen molar-refractivity contribution in [3.63, 3.8) is 0 Å². The van der Waals surface area contributed by atoms with Crippen molar-refractivity contribution < 1.29 is 9.53 Å². The topological polar surface area (TPSA) is 76.4 Å². The van der Waals surface area contributed by atoms with Gasteiger partial charge < -0.3 is 15.5 Å². The molecule has 6 heteroatoms. The van der Waals surface area contributed by atoms with Gasteiger partial charge in [0, 0.05) is 18.2 Å². The first-order valence-corrected chi connectivity index (χ1v) is 6.11. The lowest BCUT2D eigenvalue weighted by Crippen LogP contribution is -2.47. The number of methoxy groups -OCH3 is 1. The average Bonchev–Trinajstić information content (AvgIpc) is 2.32. The van der Waals surface area contributed by atoms with Gasteiger partial charge in [-0.3, -0.25) is 10.6 Å². The number of halogens is 1. The summed E-state index contributed by atoms with van der Waals surface area (Å²) in [5.74, 6) is 5.19. The summed E-state index contributed by atoms with van der Waals surface area (Å²) in [6.07, 6.45) is 1.93. The van der Waals surface area contributed by atoms with Crippen molar-refractivity contribution in [2.45, 2.75) is 25.0 Å². The molecule has 18 heavy (non-hydrogen) atoms. The van der Waals surface area contributed by atoms with Gasteiger partial charge in [-0.05, 0) is 31.0 Å². The summed E-state index contributed by atoms with van der Waals surface area (Å²) in [5, 5.41) is 3.43. The molecule has 0 atom stereocenters. The number of benzene rings is 1. The number of nitrogens with two attached hydrogens (primary N) is 1. The molecule has 98 valence electrons. The number of hydrogen-bond donors (Lipinski definition) is 3. The van der Waals surface area contributed by atoms with Crippen molar-refractivity contribution in [3.05, 3.63) is 28.8 Å². The summed E-state index contributed by atoms with van der Waals surface area (Å²) >= 11 is 5.88. The van der Waals surface area contributed by atoms with Crippen LogP contribution in [-0.4, -0.2) is 25.2 Å². The lowest BCUT2D eigenvalue weighted by molar-refractivity contribution is 0.0176. The molecule has 5 nitrogen and oxygen atoms in total. The standard InChI is InChI=1S/C12H16ClN3O2/c1-18-9-5-8(6-9)15-12(17)10-4-7(13)2-3-11(10)16-14/h2-4,8-9,16H,5-6,14H2,1H3,(H,15,17). The summed E-state index contributed by atoms with van der Waals surface area (Å²) in [4.78, 5) is 12.1. The molecule has 1 aromatic carbocycles. The molecule has 1 fully saturated rings. The van der Waals surface area contributed by atoms with E-state index in [1.807, 2.05) is 0 Å². The minimum atomic E-state index is -0.176. The van der Waals surface area contributed by atoms with E-state index < -0.39 is 0 Å². The highest BCUT2D eigenvalue weighted by Gasteiger charge is 2.30. The summed E-state index contributed by atoms with van der Waals surface area (Å²) < 4.78 is 5.16. The second kappa shape index (κ2) is 5.56. The fraction of sp³-hybridized carbons (Fsp3) is 0.417. The summed E-state index contributed by atoms with van der Waals surface area (Å²) in [5.41, 5.74) is 3.49. The Hall–Kier alpha value is -1.30. The number of rotatable bonds is 4. The van der Waals surface area contributed by atoms with Gasteiger partial charge in [-0.2, -0.15) is 0 Å². The van der Waals surface area contributed by atoms with Gasteiger partial charge in [0.1, 0.15) is 0 Å². The van der Waals surface area contributed by atoms with Crippen LogP contribution in [0.2, 0.25) is 5.02 Å². The molecule has 1 aliphatic rings. The Balaban J connectivity index is 2.02. The van der Waals surface area contributed by atoms with Gasteiger partial charge >= 0.3 is 0 Å². The number of hydrogen-bond acceptors (Lipinski definition) is 4. The third kappa shape index (κ3) is 2.75. The van der Waals surface area contributed by atoms with Crippen molar-refractivity contribution >= 4 is 23.2 Å². The Bertz CT molecular complexity index is 447. The quantitative estimate of drug-likeness (QED) is 0.572. The molecule has 4 N–H and O–H groups in total. The smallest absolute Gasteiger partial charge is 0.253 e. The number of nitrogen functional groups attached to an aromatic ring is 1. The van der Waals surface area contributed by atoms with Gasteiger partial charge in [-0.15, -0.1) is 0 Å². The maximum absolute atomic E-state index is 12.1. The Morgan fingerprint density at radius 3 is 2.83 bits per heavy atom.